The third-order valence-electron chi connectivity index (χ3n) is 5.77. The molecule has 3 rings (SSSR count). The molecule has 0 amide bonds. The lowest BCUT2D eigenvalue weighted by atomic mass is 9.69. The topological polar surface area (TPSA) is 75.1 Å². The molecule has 0 radical (unpaired) electrons. The van der Waals surface area contributed by atoms with Crippen molar-refractivity contribution >= 4 is 5.78 Å². The first-order chi connectivity index (χ1) is 12.4. The number of hydrogen-bond donors (Lipinski definition) is 2. The highest BCUT2D eigenvalue weighted by molar-refractivity contribution is 5.95. The van der Waals surface area contributed by atoms with Gasteiger partial charge in [0.2, 0.25) is 5.88 Å². The second-order valence-corrected chi connectivity index (χ2v) is 7.97. The molecule has 1 heterocycles. The van der Waals surface area contributed by atoms with E-state index < -0.39 is 5.69 Å². The van der Waals surface area contributed by atoms with Crippen molar-refractivity contribution in [2.75, 3.05) is 0 Å². The molecule has 26 heavy (non-hydrogen) atoms. The number of carbonyl (C=O) groups excluding carboxylic acids is 1. The first-order valence-electron chi connectivity index (χ1n) is 9.48. The van der Waals surface area contributed by atoms with Gasteiger partial charge in [-0.15, -0.1) is 0 Å². The van der Waals surface area contributed by atoms with E-state index in [4.69, 9.17) is 0 Å². The van der Waals surface area contributed by atoms with Gasteiger partial charge in [-0.3, -0.25) is 14.3 Å². The van der Waals surface area contributed by atoms with E-state index in [1.165, 1.54) is 4.57 Å². The van der Waals surface area contributed by atoms with Gasteiger partial charge in [-0.1, -0.05) is 57.5 Å². The third-order valence-corrected chi connectivity index (χ3v) is 5.77. The molecular weight excluding hydrogens is 328 g/mol. The first kappa shape index (κ1) is 18.5. The summed E-state index contributed by atoms with van der Waals surface area (Å²) in [6.07, 6.45) is 3.17. The minimum absolute atomic E-state index is 0.0507. The Bertz CT molecular complexity index is 820. The highest BCUT2D eigenvalue weighted by Gasteiger charge is 2.36. The van der Waals surface area contributed by atoms with E-state index in [9.17, 15) is 14.7 Å². The molecule has 1 aliphatic carbocycles. The number of nitrogens with one attached hydrogen (secondary N) is 1. The van der Waals surface area contributed by atoms with Crippen LogP contribution in [0.25, 0.3) is 0 Å². The third kappa shape index (κ3) is 3.62. The first-order valence-corrected chi connectivity index (χ1v) is 9.48. The van der Waals surface area contributed by atoms with Crippen molar-refractivity contribution in [3.8, 4) is 5.88 Å². The Morgan fingerprint density at radius 3 is 2.62 bits per heavy atom. The molecule has 140 valence electrons. The molecule has 0 bridgehead atoms. The minimum Gasteiger partial charge on any atom is -0.493 e. The van der Waals surface area contributed by atoms with Crippen LogP contribution in [0.3, 0.4) is 0 Å². The summed E-state index contributed by atoms with van der Waals surface area (Å²) in [5.41, 5.74) is 0.760. The minimum atomic E-state index is -0.414. The lowest BCUT2D eigenvalue weighted by Gasteiger charge is -2.37. The number of nitrogens with zero attached hydrogens (tertiary/aromatic N) is 1. The molecule has 1 aromatic heterocycles. The van der Waals surface area contributed by atoms with Crippen molar-refractivity contribution in [3.63, 3.8) is 0 Å². The van der Waals surface area contributed by atoms with Crippen LogP contribution in [-0.4, -0.2) is 20.4 Å². The highest BCUT2D eigenvalue weighted by Crippen LogP contribution is 2.45. The van der Waals surface area contributed by atoms with Crippen LogP contribution in [0.1, 0.15) is 62.0 Å². The molecule has 1 fully saturated rings. The maximum Gasteiger partial charge on any atom is 0.329 e. The zero-order valence-corrected chi connectivity index (χ0v) is 15.7. The molecule has 1 saturated carbocycles. The predicted octanol–water partition coefficient (Wildman–Crippen LogP) is 3.94. The van der Waals surface area contributed by atoms with Crippen LogP contribution >= 0.6 is 0 Å². The molecule has 2 N–H and O–H groups in total. The smallest absolute Gasteiger partial charge is 0.329 e. The highest BCUT2D eigenvalue weighted by atomic mass is 16.3. The van der Waals surface area contributed by atoms with Crippen LogP contribution in [0.15, 0.2) is 35.1 Å². The predicted molar refractivity (Wildman–Crippen MR) is 102 cm³/mol. The molecule has 3 atom stereocenters. The lowest BCUT2D eigenvalue weighted by molar-refractivity contribution is 0.0967. The van der Waals surface area contributed by atoms with Gasteiger partial charge in [0, 0.05) is 11.5 Å². The quantitative estimate of drug-likeness (QED) is 0.797. The SMILES string of the molecule is CC(C)[C@@H]1CC[C@@H](C)CC1c1c(O)[nH]c(=O)n1CC(=O)c1ccccc1. The number of aromatic hydroxyl groups is 1. The van der Waals surface area contributed by atoms with E-state index in [2.05, 4.69) is 25.8 Å². The van der Waals surface area contributed by atoms with Gasteiger partial charge >= 0.3 is 5.69 Å². The molecule has 1 aliphatic rings. The molecule has 5 nitrogen and oxygen atoms in total. The summed E-state index contributed by atoms with van der Waals surface area (Å²) in [5, 5.41) is 10.4. The van der Waals surface area contributed by atoms with Crippen LogP contribution in [0.5, 0.6) is 5.88 Å². The van der Waals surface area contributed by atoms with Crippen LogP contribution in [0.2, 0.25) is 0 Å². The summed E-state index contributed by atoms with van der Waals surface area (Å²) in [4.78, 5) is 27.6. The van der Waals surface area contributed by atoms with Crippen LogP contribution in [0.4, 0.5) is 0 Å². The van der Waals surface area contributed by atoms with Gasteiger partial charge in [0.05, 0.1) is 12.2 Å². The number of rotatable bonds is 5. The molecule has 5 heteroatoms. The van der Waals surface area contributed by atoms with Gasteiger partial charge in [0.1, 0.15) is 0 Å². The van der Waals surface area contributed by atoms with Crippen molar-refractivity contribution < 1.29 is 9.90 Å². The fraction of sp³-hybridized carbons (Fsp3) is 0.524. The van der Waals surface area contributed by atoms with Gasteiger partial charge in [0.15, 0.2) is 5.78 Å². The van der Waals surface area contributed by atoms with Crippen molar-refractivity contribution in [2.24, 2.45) is 17.8 Å². The zero-order chi connectivity index (χ0) is 18.8. The normalized spacial score (nSPS) is 23.3. The van der Waals surface area contributed by atoms with Crippen LogP contribution in [-0.2, 0) is 6.54 Å². The fourth-order valence-corrected chi connectivity index (χ4v) is 4.38. The fourth-order valence-electron chi connectivity index (χ4n) is 4.38. The Balaban J connectivity index is 1.97. The second kappa shape index (κ2) is 7.52. The summed E-state index contributed by atoms with van der Waals surface area (Å²) < 4.78 is 1.45. The van der Waals surface area contributed by atoms with Gasteiger partial charge in [-0.25, -0.2) is 4.79 Å². The van der Waals surface area contributed by atoms with E-state index in [1.807, 2.05) is 18.2 Å². The molecule has 0 saturated heterocycles. The Morgan fingerprint density at radius 2 is 1.96 bits per heavy atom. The number of aromatic nitrogens is 2. The Hall–Kier alpha value is -2.30. The van der Waals surface area contributed by atoms with Gasteiger partial charge < -0.3 is 5.11 Å². The maximum absolute atomic E-state index is 12.6. The van der Waals surface area contributed by atoms with Crippen LogP contribution in [0, 0.1) is 17.8 Å². The average Bonchev–Trinajstić information content (AvgIpc) is 2.88. The summed E-state index contributed by atoms with van der Waals surface area (Å²) >= 11 is 0. The summed E-state index contributed by atoms with van der Waals surface area (Å²) in [6.45, 7) is 6.54. The Kier molecular flexibility index (Phi) is 5.35. The van der Waals surface area contributed by atoms with E-state index in [1.54, 1.807) is 12.1 Å². The van der Waals surface area contributed by atoms with Crippen molar-refractivity contribution in [2.45, 2.75) is 52.5 Å². The molecule has 0 aliphatic heterocycles. The zero-order valence-electron chi connectivity index (χ0n) is 15.7. The van der Waals surface area contributed by atoms with E-state index in [0.717, 1.165) is 19.3 Å². The number of benzene rings is 1. The monoisotopic (exact) mass is 356 g/mol. The van der Waals surface area contributed by atoms with Crippen molar-refractivity contribution in [1.29, 1.82) is 0 Å². The van der Waals surface area contributed by atoms with Crippen molar-refractivity contribution in [1.82, 2.24) is 9.55 Å². The van der Waals surface area contributed by atoms with Gasteiger partial charge in [0.25, 0.3) is 0 Å². The number of ketones is 1. The summed E-state index contributed by atoms with van der Waals surface area (Å²) in [5.74, 6) is 1.26. The maximum atomic E-state index is 12.6. The van der Waals surface area contributed by atoms with E-state index in [0.29, 0.717) is 29.0 Å². The number of hydrogen-bond acceptors (Lipinski definition) is 3. The van der Waals surface area contributed by atoms with E-state index >= 15 is 0 Å². The number of carbonyl (C=O) groups is 1. The Labute approximate surface area is 154 Å². The molecule has 2 aromatic rings. The molecule has 0 spiro atoms. The number of imidazole rings is 1. The molecular formula is C21H28N2O3. The summed E-state index contributed by atoms with van der Waals surface area (Å²) in [7, 11) is 0. The van der Waals surface area contributed by atoms with E-state index in [-0.39, 0.29) is 24.1 Å². The number of Topliss-reactive ketones (excluding diaryl/α,β-unsaturated/α-hetero) is 1. The Morgan fingerprint density at radius 1 is 1.27 bits per heavy atom. The second-order valence-electron chi connectivity index (χ2n) is 7.97. The molecule has 1 aromatic carbocycles. The lowest BCUT2D eigenvalue weighted by Crippen LogP contribution is -2.31. The largest absolute Gasteiger partial charge is 0.493 e. The average molecular weight is 356 g/mol. The summed E-state index contributed by atoms with van der Waals surface area (Å²) in [6, 6.07) is 8.97. The number of H-pyrrole nitrogens is 1. The van der Waals surface area contributed by atoms with Crippen molar-refractivity contribution in [3.05, 3.63) is 52.1 Å². The van der Waals surface area contributed by atoms with Gasteiger partial charge in [-0.2, -0.15) is 0 Å². The van der Waals surface area contributed by atoms with Gasteiger partial charge in [-0.05, 0) is 30.6 Å². The van der Waals surface area contributed by atoms with Crippen LogP contribution < -0.4 is 5.69 Å². The standard InChI is InChI=1S/C21H28N2O3/c1-13(2)16-10-9-14(3)11-17(16)19-20(25)22-21(26)23(19)12-18(24)15-7-5-4-6-8-15/h4-8,13-14,16-17,25H,9-12H2,1-3H3,(H,22,26)/t14-,16+,17?/m1/s1. The molecule has 1 unspecified atom stereocenters. The number of aromatic amines is 1.